The molecule has 0 spiro atoms. The third-order valence-corrected chi connectivity index (χ3v) is 5.29. The van der Waals surface area contributed by atoms with Gasteiger partial charge in [-0.15, -0.1) is 11.3 Å². The van der Waals surface area contributed by atoms with Gasteiger partial charge in [-0.3, -0.25) is 4.79 Å². The maximum atomic E-state index is 12.1. The first-order chi connectivity index (χ1) is 9.22. The number of aryl methyl sites for hydroxylation is 1. The maximum absolute atomic E-state index is 12.1. The van der Waals surface area contributed by atoms with Gasteiger partial charge in [-0.05, 0) is 62.5 Å². The van der Waals surface area contributed by atoms with E-state index < -0.39 is 0 Å². The average Bonchev–Trinajstić information content (AvgIpc) is 3.04. The number of carbonyl (C=O) groups is 1. The van der Waals surface area contributed by atoms with Crippen LogP contribution in [0.5, 0.6) is 0 Å². The molecule has 0 saturated heterocycles. The van der Waals surface area contributed by atoms with Gasteiger partial charge in [0.2, 0.25) is 0 Å². The molecule has 1 N–H and O–H groups in total. The fraction of sp³-hybridized carbons (Fsp3) is 0.600. The van der Waals surface area contributed by atoms with Gasteiger partial charge in [0.1, 0.15) is 0 Å². The molecule has 1 heterocycles. The zero-order chi connectivity index (χ0) is 13.2. The molecule has 2 aliphatic rings. The van der Waals surface area contributed by atoms with Crippen molar-refractivity contribution in [2.45, 2.75) is 51.9 Å². The van der Waals surface area contributed by atoms with Gasteiger partial charge < -0.3 is 0 Å². The molecule has 1 amide bonds. The van der Waals surface area contributed by atoms with E-state index in [4.69, 9.17) is 0 Å². The number of nitrogens with one attached hydrogen (secondary N) is 1. The summed E-state index contributed by atoms with van der Waals surface area (Å²) in [7, 11) is 0. The number of rotatable bonds is 2. The van der Waals surface area contributed by atoms with E-state index in [1.165, 1.54) is 29.7 Å². The molecule has 1 saturated carbocycles. The smallest absolute Gasteiger partial charge is 0.266 e. The summed E-state index contributed by atoms with van der Waals surface area (Å²) in [5.41, 5.74) is 5.24. The van der Waals surface area contributed by atoms with Crippen molar-refractivity contribution < 1.29 is 4.79 Å². The Hall–Kier alpha value is -1.16. The topological polar surface area (TPSA) is 41.5 Å². The maximum Gasteiger partial charge on any atom is 0.281 e. The molecule has 1 fully saturated rings. The number of thiophene rings is 1. The fourth-order valence-electron chi connectivity index (χ4n) is 2.90. The van der Waals surface area contributed by atoms with E-state index in [1.807, 2.05) is 0 Å². The fourth-order valence-corrected chi connectivity index (χ4v) is 4.00. The standard InChI is InChI=1S/C15H20N2OS/c1-10-6-7-13-11(8-10)9-14(19-13)15(18)17-16-12-4-2-3-5-12/h9-10H,2-8H2,1H3,(H,17,18)/t10-/m0/s1. The number of hydrogen-bond donors (Lipinski definition) is 1. The van der Waals surface area contributed by atoms with Crippen molar-refractivity contribution in [3.8, 4) is 0 Å². The van der Waals surface area contributed by atoms with Crippen LogP contribution in [0.15, 0.2) is 11.2 Å². The predicted molar refractivity (Wildman–Crippen MR) is 78.9 cm³/mol. The molecule has 1 aromatic heterocycles. The van der Waals surface area contributed by atoms with Gasteiger partial charge in [0.25, 0.3) is 5.91 Å². The lowest BCUT2D eigenvalue weighted by molar-refractivity contribution is 0.0958. The number of nitrogens with zero attached hydrogens (tertiary/aromatic N) is 1. The first-order valence-electron chi connectivity index (χ1n) is 7.19. The molecule has 1 aromatic rings. The summed E-state index contributed by atoms with van der Waals surface area (Å²) in [5, 5.41) is 4.24. The van der Waals surface area contributed by atoms with Crippen molar-refractivity contribution in [3.05, 3.63) is 21.4 Å². The van der Waals surface area contributed by atoms with Gasteiger partial charge in [-0.2, -0.15) is 5.10 Å². The summed E-state index contributed by atoms with van der Waals surface area (Å²) in [6.45, 7) is 2.28. The van der Waals surface area contributed by atoms with Gasteiger partial charge in [-0.1, -0.05) is 6.92 Å². The van der Waals surface area contributed by atoms with Crippen LogP contribution in [0.25, 0.3) is 0 Å². The van der Waals surface area contributed by atoms with Crippen LogP contribution in [0, 0.1) is 5.92 Å². The molecule has 0 radical (unpaired) electrons. The van der Waals surface area contributed by atoms with Crippen molar-refractivity contribution in [1.82, 2.24) is 5.43 Å². The number of amides is 1. The van der Waals surface area contributed by atoms with Gasteiger partial charge in [0.05, 0.1) is 4.88 Å². The number of hydrazone groups is 1. The summed E-state index contributed by atoms with van der Waals surface area (Å²) >= 11 is 1.65. The van der Waals surface area contributed by atoms with Crippen molar-refractivity contribution in [2.24, 2.45) is 11.0 Å². The van der Waals surface area contributed by atoms with Crippen LogP contribution < -0.4 is 5.43 Å². The highest BCUT2D eigenvalue weighted by Crippen LogP contribution is 2.32. The molecule has 4 heteroatoms. The van der Waals surface area contributed by atoms with E-state index in [0.29, 0.717) is 0 Å². The summed E-state index contributed by atoms with van der Waals surface area (Å²) in [5.74, 6) is 0.711. The first-order valence-corrected chi connectivity index (χ1v) is 8.01. The molecule has 1 atom stereocenters. The van der Waals surface area contributed by atoms with E-state index in [-0.39, 0.29) is 5.91 Å². The van der Waals surface area contributed by atoms with Crippen LogP contribution in [0.1, 0.15) is 59.1 Å². The monoisotopic (exact) mass is 276 g/mol. The molecular formula is C15H20N2OS. The van der Waals surface area contributed by atoms with Gasteiger partial charge in [-0.25, -0.2) is 5.43 Å². The minimum absolute atomic E-state index is 0.0357. The molecule has 0 aromatic carbocycles. The Kier molecular flexibility index (Phi) is 3.69. The van der Waals surface area contributed by atoms with E-state index in [1.54, 1.807) is 11.3 Å². The molecule has 3 nitrogen and oxygen atoms in total. The molecule has 2 aliphatic carbocycles. The van der Waals surface area contributed by atoms with Crippen LogP contribution >= 0.6 is 11.3 Å². The van der Waals surface area contributed by atoms with Crippen molar-refractivity contribution in [2.75, 3.05) is 0 Å². The molecule has 19 heavy (non-hydrogen) atoms. The Balaban J connectivity index is 1.68. The third kappa shape index (κ3) is 2.89. The summed E-state index contributed by atoms with van der Waals surface area (Å²) in [6.07, 6.45) is 7.99. The summed E-state index contributed by atoms with van der Waals surface area (Å²) in [6, 6.07) is 2.07. The molecule has 0 bridgehead atoms. The number of hydrogen-bond acceptors (Lipinski definition) is 3. The zero-order valence-electron chi connectivity index (χ0n) is 11.4. The quantitative estimate of drug-likeness (QED) is 0.825. The second kappa shape index (κ2) is 5.45. The van der Waals surface area contributed by atoms with Crippen LogP contribution in [0.2, 0.25) is 0 Å². The molecule has 102 valence electrons. The SMILES string of the molecule is C[C@H]1CCc2sc(C(=O)NN=C3CCCC3)cc2C1. The highest BCUT2D eigenvalue weighted by atomic mass is 32.1. The largest absolute Gasteiger partial charge is 0.281 e. The van der Waals surface area contributed by atoms with E-state index >= 15 is 0 Å². The second-order valence-corrected chi connectivity index (χ2v) is 6.87. The third-order valence-electron chi connectivity index (χ3n) is 4.05. The van der Waals surface area contributed by atoms with Gasteiger partial charge in [0, 0.05) is 10.6 Å². The zero-order valence-corrected chi connectivity index (χ0v) is 12.2. The minimum atomic E-state index is -0.0357. The normalized spacial score (nSPS) is 22.2. The van der Waals surface area contributed by atoms with Crippen molar-refractivity contribution in [1.29, 1.82) is 0 Å². The van der Waals surface area contributed by atoms with Gasteiger partial charge in [0.15, 0.2) is 0 Å². The van der Waals surface area contributed by atoms with Crippen LogP contribution in [-0.2, 0) is 12.8 Å². The predicted octanol–water partition coefficient (Wildman–Crippen LogP) is 3.53. The lowest BCUT2D eigenvalue weighted by Gasteiger charge is -2.16. The summed E-state index contributed by atoms with van der Waals surface area (Å²) in [4.78, 5) is 14.3. The van der Waals surface area contributed by atoms with Gasteiger partial charge >= 0.3 is 0 Å². The number of carbonyl (C=O) groups excluding carboxylic acids is 1. The van der Waals surface area contributed by atoms with Crippen molar-refractivity contribution >= 4 is 23.0 Å². The highest BCUT2D eigenvalue weighted by molar-refractivity contribution is 7.14. The lowest BCUT2D eigenvalue weighted by atomic mass is 9.90. The van der Waals surface area contributed by atoms with Crippen LogP contribution in [0.3, 0.4) is 0 Å². The van der Waals surface area contributed by atoms with Crippen molar-refractivity contribution in [3.63, 3.8) is 0 Å². The molecule has 3 rings (SSSR count). The van der Waals surface area contributed by atoms with Crippen LogP contribution in [-0.4, -0.2) is 11.6 Å². The van der Waals surface area contributed by atoms with E-state index in [9.17, 15) is 4.79 Å². The highest BCUT2D eigenvalue weighted by Gasteiger charge is 2.20. The minimum Gasteiger partial charge on any atom is -0.266 e. The molecule has 0 aliphatic heterocycles. The Morgan fingerprint density at radius 3 is 2.95 bits per heavy atom. The Bertz CT molecular complexity index is 510. The van der Waals surface area contributed by atoms with E-state index in [2.05, 4.69) is 23.5 Å². The Morgan fingerprint density at radius 1 is 1.37 bits per heavy atom. The Morgan fingerprint density at radius 2 is 2.16 bits per heavy atom. The molecular weight excluding hydrogens is 256 g/mol. The lowest BCUT2D eigenvalue weighted by Crippen LogP contribution is -2.17. The summed E-state index contributed by atoms with van der Waals surface area (Å²) < 4.78 is 0. The molecule has 0 unspecified atom stereocenters. The average molecular weight is 276 g/mol. The van der Waals surface area contributed by atoms with Crippen LogP contribution in [0.4, 0.5) is 0 Å². The second-order valence-electron chi connectivity index (χ2n) is 5.73. The van der Waals surface area contributed by atoms with E-state index in [0.717, 1.165) is 42.2 Å². The first kappa shape index (κ1) is 12.9. The number of fused-ring (bicyclic) bond motifs is 1. The Labute approximate surface area is 118 Å².